The number of nitrogens with one attached hydrogen (secondary N) is 2. The number of hydrogen-bond donors (Lipinski definition) is 2. The van der Waals surface area contributed by atoms with E-state index in [0.29, 0.717) is 17.2 Å². The van der Waals surface area contributed by atoms with Crippen LogP contribution in [0.5, 0.6) is 11.5 Å². The zero-order valence-electron chi connectivity index (χ0n) is 17.2. The number of amides is 1. The molecule has 31 heavy (non-hydrogen) atoms. The van der Waals surface area contributed by atoms with Gasteiger partial charge < -0.3 is 14.8 Å². The maximum Gasteiger partial charge on any atom is 0.261 e. The molecule has 0 unspecified atom stereocenters. The lowest BCUT2D eigenvalue weighted by atomic mass is 10.1. The number of hydrogen-bond acceptors (Lipinski definition) is 5. The molecule has 0 radical (unpaired) electrons. The fourth-order valence-corrected chi connectivity index (χ4v) is 4.03. The molecule has 2 N–H and O–H groups in total. The van der Waals surface area contributed by atoms with Crippen molar-refractivity contribution in [2.45, 2.75) is 17.9 Å². The van der Waals surface area contributed by atoms with Crippen molar-refractivity contribution in [2.24, 2.45) is 0 Å². The number of carbonyl (C=O) groups excluding carboxylic acids is 1. The normalized spacial score (nSPS) is 11.9. The van der Waals surface area contributed by atoms with Gasteiger partial charge in [0, 0.05) is 11.3 Å². The van der Waals surface area contributed by atoms with E-state index >= 15 is 0 Å². The number of para-hydroxylation sites is 2. The molecule has 0 fully saturated rings. The summed E-state index contributed by atoms with van der Waals surface area (Å²) in [6, 6.07) is 21.7. The van der Waals surface area contributed by atoms with Crippen LogP contribution < -0.4 is 19.5 Å². The number of benzene rings is 3. The highest BCUT2D eigenvalue weighted by Crippen LogP contribution is 2.24. The molecule has 0 aliphatic rings. The molecule has 3 rings (SSSR count). The van der Waals surface area contributed by atoms with Crippen LogP contribution in [0.3, 0.4) is 0 Å². The van der Waals surface area contributed by atoms with Crippen LogP contribution in [0.15, 0.2) is 83.8 Å². The molecule has 3 aromatic rings. The molecular weight excluding hydrogens is 416 g/mol. The lowest BCUT2D eigenvalue weighted by Gasteiger charge is -2.17. The molecular formula is C23H24N2O5S. The molecule has 0 saturated carbocycles. The van der Waals surface area contributed by atoms with Crippen LogP contribution in [-0.4, -0.2) is 28.0 Å². The van der Waals surface area contributed by atoms with Crippen molar-refractivity contribution in [3.63, 3.8) is 0 Å². The smallest absolute Gasteiger partial charge is 0.261 e. The van der Waals surface area contributed by atoms with Gasteiger partial charge in [-0.15, -0.1) is 0 Å². The third-order valence-electron chi connectivity index (χ3n) is 4.51. The number of rotatable bonds is 9. The lowest BCUT2D eigenvalue weighted by molar-refractivity contribution is -0.123. The Kier molecular flexibility index (Phi) is 7.15. The molecule has 0 spiro atoms. The zero-order chi connectivity index (χ0) is 22.3. The molecule has 0 heterocycles. The number of anilines is 1. The summed E-state index contributed by atoms with van der Waals surface area (Å²) < 4.78 is 38.2. The van der Waals surface area contributed by atoms with E-state index in [0.717, 1.165) is 5.56 Å². The van der Waals surface area contributed by atoms with Crippen LogP contribution in [0.4, 0.5) is 5.69 Å². The van der Waals surface area contributed by atoms with E-state index in [2.05, 4.69) is 10.0 Å². The summed E-state index contributed by atoms with van der Waals surface area (Å²) >= 11 is 0. The molecule has 0 aliphatic carbocycles. The van der Waals surface area contributed by atoms with Gasteiger partial charge in [-0.25, -0.2) is 8.42 Å². The van der Waals surface area contributed by atoms with Crippen molar-refractivity contribution >= 4 is 21.6 Å². The quantitative estimate of drug-likeness (QED) is 0.529. The van der Waals surface area contributed by atoms with Gasteiger partial charge in [-0.05, 0) is 49.4 Å². The molecule has 162 valence electrons. The Labute approximate surface area is 182 Å². The standard InChI is InChI=1S/C23H24N2O5S/c1-17(21-10-6-7-11-22(21)29-2)24-23(26)16-30-19-12-14-20(15-13-19)31(27,28)25-18-8-4-3-5-9-18/h3-15,17,25H,16H2,1-2H3,(H,24,26)/t17-/m0/s1. The summed E-state index contributed by atoms with van der Waals surface area (Å²) in [5.74, 6) is 0.775. The Morgan fingerprint density at radius 2 is 1.58 bits per heavy atom. The average molecular weight is 441 g/mol. The maximum atomic E-state index is 12.5. The summed E-state index contributed by atoms with van der Waals surface area (Å²) in [5, 5.41) is 2.85. The third-order valence-corrected chi connectivity index (χ3v) is 5.91. The Bertz CT molecular complexity index is 1120. The highest BCUT2D eigenvalue weighted by molar-refractivity contribution is 7.92. The van der Waals surface area contributed by atoms with Crippen molar-refractivity contribution in [3.8, 4) is 11.5 Å². The van der Waals surface area contributed by atoms with E-state index < -0.39 is 10.0 Å². The molecule has 0 saturated heterocycles. The molecule has 0 aromatic heterocycles. The summed E-state index contributed by atoms with van der Waals surface area (Å²) in [4.78, 5) is 12.3. The summed E-state index contributed by atoms with van der Waals surface area (Å²) in [6.45, 7) is 1.66. The maximum absolute atomic E-state index is 12.5. The average Bonchev–Trinajstić information content (AvgIpc) is 2.78. The Balaban J connectivity index is 1.56. The topological polar surface area (TPSA) is 93.7 Å². The Hall–Kier alpha value is -3.52. The number of methoxy groups -OCH3 is 1. The van der Waals surface area contributed by atoms with Crippen molar-refractivity contribution in [1.29, 1.82) is 0 Å². The molecule has 1 atom stereocenters. The Morgan fingerprint density at radius 3 is 2.26 bits per heavy atom. The van der Waals surface area contributed by atoms with Crippen molar-refractivity contribution in [2.75, 3.05) is 18.4 Å². The number of carbonyl (C=O) groups is 1. The van der Waals surface area contributed by atoms with Gasteiger partial charge in [0.15, 0.2) is 6.61 Å². The molecule has 1 amide bonds. The van der Waals surface area contributed by atoms with Crippen molar-refractivity contribution < 1.29 is 22.7 Å². The van der Waals surface area contributed by atoms with E-state index in [9.17, 15) is 13.2 Å². The highest BCUT2D eigenvalue weighted by Gasteiger charge is 2.16. The fraction of sp³-hybridized carbons (Fsp3) is 0.174. The summed E-state index contributed by atoms with van der Waals surface area (Å²) in [7, 11) is -2.13. The van der Waals surface area contributed by atoms with Gasteiger partial charge in [0.25, 0.3) is 15.9 Å². The van der Waals surface area contributed by atoms with Gasteiger partial charge in [0.2, 0.25) is 0 Å². The highest BCUT2D eigenvalue weighted by atomic mass is 32.2. The van der Waals surface area contributed by atoms with Gasteiger partial charge in [-0.3, -0.25) is 9.52 Å². The molecule has 7 nitrogen and oxygen atoms in total. The van der Waals surface area contributed by atoms with Gasteiger partial charge in [-0.1, -0.05) is 36.4 Å². The molecule has 8 heteroatoms. The summed E-state index contributed by atoms with van der Waals surface area (Å²) in [6.07, 6.45) is 0. The first-order valence-corrected chi connectivity index (χ1v) is 11.1. The van der Waals surface area contributed by atoms with Crippen molar-refractivity contribution in [1.82, 2.24) is 5.32 Å². The van der Waals surface area contributed by atoms with Crippen LogP contribution in [0.25, 0.3) is 0 Å². The van der Waals surface area contributed by atoms with Gasteiger partial charge in [-0.2, -0.15) is 0 Å². The number of sulfonamides is 1. The lowest BCUT2D eigenvalue weighted by Crippen LogP contribution is -2.31. The monoisotopic (exact) mass is 440 g/mol. The molecule has 3 aromatic carbocycles. The largest absolute Gasteiger partial charge is 0.496 e. The van der Waals surface area contributed by atoms with Gasteiger partial charge in [0.05, 0.1) is 18.0 Å². The SMILES string of the molecule is COc1ccccc1[C@H](C)NC(=O)COc1ccc(S(=O)(=O)Nc2ccccc2)cc1. The van der Waals surface area contributed by atoms with Crippen LogP contribution in [0.2, 0.25) is 0 Å². The first-order chi connectivity index (χ1) is 14.9. The van der Waals surface area contributed by atoms with Crippen LogP contribution in [0.1, 0.15) is 18.5 Å². The van der Waals surface area contributed by atoms with Crippen molar-refractivity contribution in [3.05, 3.63) is 84.4 Å². The third kappa shape index (κ3) is 5.99. The minimum atomic E-state index is -3.71. The zero-order valence-corrected chi connectivity index (χ0v) is 18.1. The number of ether oxygens (including phenoxy) is 2. The van der Waals surface area contributed by atoms with Gasteiger partial charge in [0.1, 0.15) is 11.5 Å². The predicted octanol–water partition coefficient (Wildman–Crippen LogP) is 3.75. The van der Waals surface area contributed by atoms with E-state index in [4.69, 9.17) is 9.47 Å². The van der Waals surface area contributed by atoms with Crippen LogP contribution >= 0.6 is 0 Å². The van der Waals surface area contributed by atoms with Crippen LogP contribution in [-0.2, 0) is 14.8 Å². The second-order valence-corrected chi connectivity index (χ2v) is 8.45. The first kappa shape index (κ1) is 22.2. The van der Waals surface area contributed by atoms with Gasteiger partial charge >= 0.3 is 0 Å². The van der Waals surface area contributed by atoms with Crippen LogP contribution in [0, 0.1) is 0 Å². The predicted molar refractivity (Wildman–Crippen MR) is 119 cm³/mol. The summed E-state index contributed by atoms with van der Waals surface area (Å²) in [5.41, 5.74) is 1.34. The van der Waals surface area contributed by atoms with E-state index in [1.807, 2.05) is 31.2 Å². The second-order valence-electron chi connectivity index (χ2n) is 6.76. The first-order valence-electron chi connectivity index (χ1n) is 9.62. The second kappa shape index (κ2) is 9.99. The van der Waals surface area contributed by atoms with E-state index in [1.54, 1.807) is 37.4 Å². The minimum absolute atomic E-state index is 0.0953. The molecule has 0 aliphatic heterocycles. The molecule has 0 bridgehead atoms. The Morgan fingerprint density at radius 1 is 0.935 bits per heavy atom. The minimum Gasteiger partial charge on any atom is -0.496 e. The fourth-order valence-electron chi connectivity index (χ4n) is 2.97. The van der Waals surface area contributed by atoms with E-state index in [1.165, 1.54) is 24.3 Å². The van der Waals surface area contributed by atoms with E-state index in [-0.39, 0.29) is 23.5 Å².